The number of fused-ring (bicyclic) bond motifs is 1. The number of amides is 1. The van der Waals surface area contributed by atoms with E-state index in [1.165, 1.54) is 23.5 Å². The number of carbonyl (C=O) groups is 2. The van der Waals surface area contributed by atoms with Crippen LogP contribution in [0.3, 0.4) is 0 Å². The van der Waals surface area contributed by atoms with Crippen LogP contribution >= 0.6 is 0 Å². The minimum Gasteiger partial charge on any atom is -0.476 e. The molecule has 0 bridgehead atoms. The number of benzene rings is 3. The van der Waals surface area contributed by atoms with E-state index in [1.54, 1.807) is 60.7 Å². The lowest BCUT2D eigenvalue weighted by Gasteiger charge is -2.34. The third-order valence-electron chi connectivity index (χ3n) is 5.13. The number of nitrogens with one attached hydrogen (secondary N) is 1. The van der Waals surface area contributed by atoms with Crippen molar-refractivity contribution in [1.82, 2.24) is 0 Å². The van der Waals surface area contributed by atoms with Crippen LogP contribution in [0.5, 0.6) is 5.75 Å². The van der Waals surface area contributed by atoms with Crippen LogP contribution in [0.1, 0.15) is 15.9 Å². The van der Waals surface area contributed by atoms with Crippen molar-refractivity contribution < 1.29 is 27.5 Å². The number of hydrogen-bond donors (Lipinski definition) is 1. The second-order valence-corrected chi connectivity index (χ2v) is 9.30. The number of rotatable bonds is 6. The average molecular weight is 467 g/mol. The van der Waals surface area contributed by atoms with Gasteiger partial charge in [-0.15, -0.1) is 0 Å². The molecule has 0 saturated heterocycles. The Bertz CT molecular complexity index is 1260. The zero-order valence-electron chi connectivity index (χ0n) is 17.8. The predicted octanol–water partition coefficient (Wildman–Crippen LogP) is 3.21. The number of esters is 1. The summed E-state index contributed by atoms with van der Waals surface area (Å²) in [7, 11) is -2.50. The molecule has 1 N–H and O–H groups in total. The molecule has 1 amide bonds. The van der Waals surface area contributed by atoms with Gasteiger partial charge < -0.3 is 14.8 Å². The van der Waals surface area contributed by atoms with Crippen LogP contribution in [0.15, 0.2) is 78.9 Å². The third kappa shape index (κ3) is 4.98. The van der Waals surface area contributed by atoms with E-state index >= 15 is 0 Å². The predicted molar refractivity (Wildman–Crippen MR) is 124 cm³/mol. The minimum absolute atomic E-state index is 0.168. The highest BCUT2D eigenvalue weighted by Gasteiger charge is 2.36. The number of carbonyl (C=O) groups excluding carboxylic acids is 2. The standard InChI is InChI=1S/C24H22N2O6S/c1-31-24(28)18-11-13-19(14-12-18)25-23(27)22-15-26(20-9-5-6-10-21(20)32-22)33(29,30)16-17-7-3-2-4-8-17/h2-14,22H,15-16H2,1H3,(H,25,27). The Balaban J connectivity index is 1.55. The Hall–Kier alpha value is -3.85. The van der Waals surface area contributed by atoms with Gasteiger partial charge in [0.2, 0.25) is 10.0 Å². The number of para-hydroxylation sites is 2. The van der Waals surface area contributed by atoms with Gasteiger partial charge in [-0.05, 0) is 42.0 Å². The summed E-state index contributed by atoms with van der Waals surface area (Å²) in [6, 6.07) is 21.7. The van der Waals surface area contributed by atoms with Crippen LogP contribution in [-0.4, -0.2) is 40.1 Å². The summed E-state index contributed by atoms with van der Waals surface area (Å²) in [5.41, 5.74) is 1.82. The highest BCUT2D eigenvalue weighted by Crippen LogP contribution is 2.36. The molecule has 0 aliphatic carbocycles. The molecule has 9 heteroatoms. The Morgan fingerprint density at radius 2 is 1.67 bits per heavy atom. The fourth-order valence-electron chi connectivity index (χ4n) is 3.50. The SMILES string of the molecule is COC(=O)c1ccc(NC(=O)C2CN(S(=O)(=O)Cc3ccccc3)c3ccccc3O2)cc1. The number of methoxy groups -OCH3 is 1. The number of nitrogens with zero attached hydrogens (tertiary/aromatic N) is 1. The summed E-state index contributed by atoms with van der Waals surface area (Å²) in [5.74, 6) is -0.887. The molecule has 1 unspecified atom stereocenters. The first kappa shape index (κ1) is 22.3. The van der Waals surface area contributed by atoms with E-state index in [9.17, 15) is 18.0 Å². The highest BCUT2D eigenvalue weighted by molar-refractivity contribution is 7.92. The molecule has 0 radical (unpaired) electrons. The molecule has 3 aromatic carbocycles. The molecular weight excluding hydrogens is 444 g/mol. The zero-order valence-corrected chi connectivity index (χ0v) is 18.6. The molecule has 1 heterocycles. The van der Waals surface area contributed by atoms with Crippen molar-refractivity contribution in [3.8, 4) is 5.75 Å². The van der Waals surface area contributed by atoms with E-state index in [0.29, 0.717) is 28.3 Å². The Kier molecular flexibility index (Phi) is 6.32. The molecule has 0 saturated carbocycles. The van der Waals surface area contributed by atoms with Gasteiger partial charge in [0.25, 0.3) is 5.91 Å². The maximum atomic E-state index is 13.3. The second kappa shape index (κ2) is 9.33. The normalized spacial score (nSPS) is 15.2. The maximum absolute atomic E-state index is 13.3. The largest absolute Gasteiger partial charge is 0.476 e. The van der Waals surface area contributed by atoms with Crippen molar-refractivity contribution in [2.45, 2.75) is 11.9 Å². The summed E-state index contributed by atoms with van der Waals surface area (Å²) < 4.78 is 38.3. The molecular formula is C24H22N2O6S. The molecule has 1 aliphatic rings. The van der Waals surface area contributed by atoms with Crippen molar-refractivity contribution >= 4 is 33.3 Å². The lowest BCUT2D eigenvalue weighted by molar-refractivity contribution is -0.122. The van der Waals surface area contributed by atoms with Gasteiger partial charge in [-0.1, -0.05) is 42.5 Å². The van der Waals surface area contributed by atoms with Gasteiger partial charge in [-0.25, -0.2) is 13.2 Å². The lowest BCUT2D eigenvalue weighted by Crippen LogP contribution is -2.49. The van der Waals surface area contributed by atoms with E-state index < -0.39 is 28.0 Å². The minimum atomic E-state index is -3.79. The fourth-order valence-corrected chi connectivity index (χ4v) is 5.08. The second-order valence-electron chi connectivity index (χ2n) is 7.41. The Morgan fingerprint density at radius 3 is 2.36 bits per heavy atom. The van der Waals surface area contributed by atoms with E-state index in [-0.39, 0.29) is 12.3 Å². The van der Waals surface area contributed by atoms with Crippen molar-refractivity contribution in [3.63, 3.8) is 0 Å². The first-order valence-electron chi connectivity index (χ1n) is 10.2. The molecule has 0 aromatic heterocycles. The molecule has 0 fully saturated rings. The molecule has 0 spiro atoms. The van der Waals surface area contributed by atoms with Crippen molar-refractivity contribution in [3.05, 3.63) is 90.0 Å². The van der Waals surface area contributed by atoms with E-state index in [2.05, 4.69) is 10.1 Å². The lowest BCUT2D eigenvalue weighted by atomic mass is 10.2. The summed E-state index contributed by atoms with van der Waals surface area (Å²) in [4.78, 5) is 24.5. The summed E-state index contributed by atoms with van der Waals surface area (Å²) >= 11 is 0. The summed E-state index contributed by atoms with van der Waals surface area (Å²) in [6.45, 7) is -0.168. The maximum Gasteiger partial charge on any atom is 0.337 e. The highest BCUT2D eigenvalue weighted by atomic mass is 32.2. The number of ether oxygens (including phenoxy) is 2. The molecule has 1 atom stereocenters. The Labute approximate surface area is 191 Å². The monoisotopic (exact) mass is 466 g/mol. The van der Waals surface area contributed by atoms with Gasteiger partial charge >= 0.3 is 5.97 Å². The van der Waals surface area contributed by atoms with Crippen molar-refractivity contribution in [2.24, 2.45) is 0 Å². The molecule has 1 aliphatic heterocycles. The summed E-state index contributed by atoms with van der Waals surface area (Å²) in [5, 5.41) is 2.71. The van der Waals surface area contributed by atoms with Crippen LogP contribution in [-0.2, 0) is 25.3 Å². The van der Waals surface area contributed by atoms with E-state index in [0.717, 1.165) is 0 Å². The first-order chi connectivity index (χ1) is 15.9. The Morgan fingerprint density at radius 1 is 1.00 bits per heavy atom. The smallest absolute Gasteiger partial charge is 0.337 e. The topological polar surface area (TPSA) is 102 Å². The van der Waals surface area contributed by atoms with E-state index in [4.69, 9.17) is 4.74 Å². The quantitative estimate of drug-likeness (QED) is 0.560. The van der Waals surface area contributed by atoms with Gasteiger partial charge in [0.05, 0.1) is 30.7 Å². The van der Waals surface area contributed by atoms with E-state index in [1.807, 2.05) is 6.07 Å². The van der Waals surface area contributed by atoms with Crippen LogP contribution in [0.4, 0.5) is 11.4 Å². The first-order valence-corrected chi connectivity index (χ1v) is 11.8. The molecule has 170 valence electrons. The number of hydrogen-bond acceptors (Lipinski definition) is 6. The summed E-state index contributed by atoms with van der Waals surface area (Å²) in [6.07, 6.45) is -1.06. The number of anilines is 2. The van der Waals surface area contributed by atoms with Crippen LogP contribution < -0.4 is 14.4 Å². The molecule has 4 rings (SSSR count). The third-order valence-corrected chi connectivity index (χ3v) is 6.84. The van der Waals surface area contributed by atoms with Gasteiger partial charge in [0, 0.05) is 5.69 Å². The number of sulfonamides is 1. The van der Waals surface area contributed by atoms with Crippen LogP contribution in [0.25, 0.3) is 0 Å². The van der Waals surface area contributed by atoms with Gasteiger partial charge in [0.15, 0.2) is 6.10 Å². The molecule has 3 aromatic rings. The van der Waals surface area contributed by atoms with Gasteiger partial charge in [0.1, 0.15) is 5.75 Å². The van der Waals surface area contributed by atoms with Gasteiger partial charge in [-0.2, -0.15) is 0 Å². The van der Waals surface area contributed by atoms with Crippen LogP contribution in [0, 0.1) is 0 Å². The fraction of sp³-hybridized carbons (Fsp3) is 0.167. The average Bonchev–Trinajstić information content (AvgIpc) is 2.83. The zero-order chi connectivity index (χ0) is 23.4. The molecule has 33 heavy (non-hydrogen) atoms. The molecule has 8 nitrogen and oxygen atoms in total. The van der Waals surface area contributed by atoms with Gasteiger partial charge in [-0.3, -0.25) is 9.10 Å². The van der Waals surface area contributed by atoms with Crippen molar-refractivity contribution in [2.75, 3.05) is 23.3 Å². The van der Waals surface area contributed by atoms with Crippen LogP contribution in [0.2, 0.25) is 0 Å². The van der Waals surface area contributed by atoms with Crippen molar-refractivity contribution in [1.29, 1.82) is 0 Å².